The Labute approximate surface area is 185 Å². The SMILES string of the molecule is Cn1c(CNC(=O)C2(C)CCN(c3ccc(Cl)cc3C#N)CC2)nc2cc(F)ccc21. The van der Waals surface area contributed by atoms with Crippen LogP contribution in [0.2, 0.25) is 5.02 Å². The van der Waals surface area contributed by atoms with Crippen molar-refractivity contribution < 1.29 is 9.18 Å². The molecule has 31 heavy (non-hydrogen) atoms. The molecule has 2 heterocycles. The van der Waals surface area contributed by atoms with Gasteiger partial charge in [0.1, 0.15) is 17.7 Å². The summed E-state index contributed by atoms with van der Waals surface area (Å²) in [6.45, 7) is 3.59. The summed E-state index contributed by atoms with van der Waals surface area (Å²) in [4.78, 5) is 19.6. The lowest BCUT2D eigenvalue weighted by atomic mass is 9.79. The number of benzene rings is 2. The van der Waals surface area contributed by atoms with Gasteiger partial charge in [-0.15, -0.1) is 0 Å². The quantitative estimate of drug-likeness (QED) is 0.662. The predicted octanol–water partition coefficient (Wildman–Crippen LogP) is 4.16. The van der Waals surface area contributed by atoms with Gasteiger partial charge in [0, 0.05) is 36.6 Å². The molecule has 0 bridgehead atoms. The zero-order valence-electron chi connectivity index (χ0n) is 17.5. The third-order valence-electron chi connectivity index (χ3n) is 6.18. The topological polar surface area (TPSA) is 74.0 Å². The highest BCUT2D eigenvalue weighted by atomic mass is 35.5. The minimum atomic E-state index is -0.508. The number of carbonyl (C=O) groups excluding carboxylic acids is 1. The first-order valence-electron chi connectivity index (χ1n) is 10.1. The summed E-state index contributed by atoms with van der Waals surface area (Å²) < 4.78 is 15.3. The molecule has 4 rings (SSSR count). The van der Waals surface area contributed by atoms with Crippen LogP contribution in [0.15, 0.2) is 36.4 Å². The van der Waals surface area contributed by atoms with E-state index in [9.17, 15) is 14.4 Å². The number of amides is 1. The maximum Gasteiger partial charge on any atom is 0.226 e. The van der Waals surface area contributed by atoms with Gasteiger partial charge in [0.05, 0.1) is 28.8 Å². The van der Waals surface area contributed by atoms with Gasteiger partial charge < -0.3 is 14.8 Å². The number of aromatic nitrogens is 2. The Morgan fingerprint density at radius 1 is 1.29 bits per heavy atom. The number of aryl methyl sites for hydroxylation is 1. The highest BCUT2D eigenvalue weighted by Gasteiger charge is 2.37. The number of nitrogens with one attached hydrogen (secondary N) is 1. The third kappa shape index (κ3) is 4.08. The van der Waals surface area contributed by atoms with E-state index in [0.29, 0.717) is 47.9 Å². The summed E-state index contributed by atoms with van der Waals surface area (Å²) >= 11 is 6.00. The fourth-order valence-electron chi connectivity index (χ4n) is 4.10. The Kier molecular flexibility index (Phi) is 5.59. The van der Waals surface area contributed by atoms with Gasteiger partial charge >= 0.3 is 0 Å². The van der Waals surface area contributed by atoms with Gasteiger partial charge in [-0.1, -0.05) is 18.5 Å². The maximum atomic E-state index is 13.5. The molecular weight excluding hydrogens is 417 g/mol. The van der Waals surface area contributed by atoms with Crippen molar-refractivity contribution in [3.05, 3.63) is 58.6 Å². The second-order valence-electron chi connectivity index (χ2n) is 8.22. The van der Waals surface area contributed by atoms with E-state index in [1.54, 1.807) is 18.2 Å². The van der Waals surface area contributed by atoms with Crippen LogP contribution in [-0.2, 0) is 18.4 Å². The molecule has 3 aromatic rings. The number of fused-ring (bicyclic) bond motifs is 1. The van der Waals surface area contributed by atoms with Crippen LogP contribution in [0, 0.1) is 22.6 Å². The van der Waals surface area contributed by atoms with Crippen molar-refractivity contribution in [3.63, 3.8) is 0 Å². The maximum absolute atomic E-state index is 13.5. The molecule has 1 aromatic heterocycles. The van der Waals surface area contributed by atoms with Gasteiger partial charge in [-0.25, -0.2) is 9.37 Å². The Morgan fingerprint density at radius 3 is 2.74 bits per heavy atom. The number of hydrogen-bond acceptors (Lipinski definition) is 4. The molecule has 0 radical (unpaired) electrons. The number of piperidine rings is 1. The Morgan fingerprint density at radius 2 is 2.03 bits per heavy atom. The van der Waals surface area contributed by atoms with Gasteiger partial charge in [-0.3, -0.25) is 4.79 Å². The average Bonchev–Trinajstić information content (AvgIpc) is 3.07. The number of imidazole rings is 1. The molecule has 8 heteroatoms. The first-order valence-corrected chi connectivity index (χ1v) is 10.5. The lowest BCUT2D eigenvalue weighted by molar-refractivity contribution is -0.131. The fraction of sp³-hybridized carbons (Fsp3) is 0.348. The first kappa shape index (κ1) is 21.1. The number of anilines is 1. The van der Waals surface area contributed by atoms with Crippen molar-refractivity contribution in [1.82, 2.24) is 14.9 Å². The summed E-state index contributed by atoms with van der Waals surface area (Å²) in [5.41, 5.74) is 2.27. The zero-order chi connectivity index (χ0) is 22.2. The molecule has 1 aliphatic heterocycles. The summed E-state index contributed by atoms with van der Waals surface area (Å²) in [7, 11) is 1.85. The van der Waals surface area contributed by atoms with Crippen molar-refractivity contribution in [2.75, 3.05) is 18.0 Å². The second-order valence-corrected chi connectivity index (χ2v) is 8.66. The summed E-state index contributed by atoms with van der Waals surface area (Å²) in [5, 5.41) is 12.9. The van der Waals surface area contributed by atoms with E-state index in [1.807, 2.05) is 24.6 Å². The summed E-state index contributed by atoms with van der Waals surface area (Å²) in [5.74, 6) is 0.317. The largest absolute Gasteiger partial charge is 0.370 e. The zero-order valence-corrected chi connectivity index (χ0v) is 18.2. The highest BCUT2D eigenvalue weighted by molar-refractivity contribution is 6.30. The molecule has 1 saturated heterocycles. The first-order chi connectivity index (χ1) is 14.8. The standard InChI is InChI=1S/C23H23ClFN5O/c1-23(7-9-30(10-8-23)19-5-3-16(24)11-15(19)13-26)22(31)27-14-21-28-18-12-17(25)4-6-20(18)29(21)2/h3-6,11-12H,7-10,14H2,1-2H3,(H,27,31). The van der Waals surface area contributed by atoms with Crippen LogP contribution in [-0.4, -0.2) is 28.5 Å². The van der Waals surface area contributed by atoms with E-state index in [1.165, 1.54) is 12.1 Å². The van der Waals surface area contributed by atoms with Crippen LogP contribution in [0.1, 0.15) is 31.2 Å². The lowest BCUT2D eigenvalue weighted by Gasteiger charge is -2.39. The molecule has 0 spiro atoms. The van der Waals surface area contributed by atoms with Crippen molar-refractivity contribution in [2.45, 2.75) is 26.3 Å². The highest BCUT2D eigenvalue weighted by Crippen LogP contribution is 2.35. The third-order valence-corrected chi connectivity index (χ3v) is 6.41. The lowest BCUT2D eigenvalue weighted by Crippen LogP contribution is -2.47. The minimum absolute atomic E-state index is 0.0259. The summed E-state index contributed by atoms with van der Waals surface area (Å²) in [6, 6.07) is 12.0. The normalized spacial score (nSPS) is 15.6. The molecule has 0 unspecified atom stereocenters. The van der Waals surface area contributed by atoms with Crippen LogP contribution in [0.3, 0.4) is 0 Å². The predicted molar refractivity (Wildman–Crippen MR) is 118 cm³/mol. The average molecular weight is 440 g/mol. The van der Waals surface area contributed by atoms with E-state index in [-0.39, 0.29) is 18.3 Å². The van der Waals surface area contributed by atoms with Crippen LogP contribution in [0.25, 0.3) is 11.0 Å². The van der Waals surface area contributed by atoms with Gasteiger partial charge in [-0.05, 0) is 43.2 Å². The number of carbonyl (C=O) groups is 1. The monoisotopic (exact) mass is 439 g/mol. The van der Waals surface area contributed by atoms with Gasteiger partial charge in [0.15, 0.2) is 0 Å². The van der Waals surface area contributed by atoms with E-state index >= 15 is 0 Å². The summed E-state index contributed by atoms with van der Waals surface area (Å²) in [6.07, 6.45) is 1.33. The second kappa shape index (κ2) is 8.20. The van der Waals surface area contributed by atoms with E-state index in [2.05, 4.69) is 21.3 Å². The Bertz CT molecular complexity index is 1190. The van der Waals surface area contributed by atoms with Crippen LogP contribution >= 0.6 is 11.6 Å². The van der Waals surface area contributed by atoms with E-state index in [4.69, 9.17) is 11.6 Å². The minimum Gasteiger partial charge on any atom is -0.370 e. The van der Waals surface area contributed by atoms with Gasteiger partial charge in [0.25, 0.3) is 0 Å². The molecule has 2 aromatic carbocycles. The van der Waals surface area contributed by atoms with E-state index < -0.39 is 5.41 Å². The molecule has 1 amide bonds. The number of halogens is 2. The number of rotatable bonds is 4. The molecule has 1 aliphatic rings. The number of nitrogens with zero attached hydrogens (tertiary/aromatic N) is 4. The number of nitriles is 1. The Balaban J connectivity index is 1.41. The van der Waals surface area contributed by atoms with Crippen molar-refractivity contribution in [3.8, 4) is 6.07 Å². The molecule has 0 aliphatic carbocycles. The van der Waals surface area contributed by atoms with Crippen LogP contribution in [0.4, 0.5) is 10.1 Å². The van der Waals surface area contributed by atoms with Crippen LogP contribution in [0.5, 0.6) is 0 Å². The van der Waals surface area contributed by atoms with Crippen molar-refractivity contribution in [1.29, 1.82) is 5.26 Å². The Hall–Kier alpha value is -3.11. The van der Waals surface area contributed by atoms with Gasteiger partial charge in [0.2, 0.25) is 5.91 Å². The smallest absolute Gasteiger partial charge is 0.226 e. The van der Waals surface area contributed by atoms with E-state index in [0.717, 1.165) is 11.2 Å². The van der Waals surface area contributed by atoms with Gasteiger partial charge in [-0.2, -0.15) is 5.26 Å². The molecule has 0 saturated carbocycles. The molecule has 0 atom stereocenters. The molecule has 1 N–H and O–H groups in total. The molecule has 1 fully saturated rings. The molecule has 160 valence electrons. The molecule has 6 nitrogen and oxygen atoms in total. The van der Waals surface area contributed by atoms with Crippen molar-refractivity contribution in [2.24, 2.45) is 12.5 Å². The molecular formula is C23H23ClFN5O. The number of hydrogen-bond donors (Lipinski definition) is 1. The van der Waals surface area contributed by atoms with Crippen LogP contribution < -0.4 is 10.2 Å². The fourth-order valence-corrected chi connectivity index (χ4v) is 4.27. The van der Waals surface area contributed by atoms with Crippen molar-refractivity contribution >= 4 is 34.2 Å².